The van der Waals surface area contributed by atoms with E-state index in [9.17, 15) is 0 Å². The van der Waals surface area contributed by atoms with Crippen molar-refractivity contribution in [2.24, 2.45) is 0 Å². The Hall–Kier alpha value is -1.57. The summed E-state index contributed by atoms with van der Waals surface area (Å²) in [6.07, 6.45) is 2.20. The van der Waals surface area contributed by atoms with Gasteiger partial charge in [-0.25, -0.2) is 0 Å². The van der Waals surface area contributed by atoms with Gasteiger partial charge in [0.1, 0.15) is 0 Å². The first kappa shape index (κ1) is 9.97. The Morgan fingerprint density at radius 3 is 2.87 bits per heavy atom. The predicted octanol–water partition coefficient (Wildman–Crippen LogP) is 3.08. The second kappa shape index (κ2) is 3.89. The highest BCUT2D eigenvalue weighted by Gasteiger charge is 2.04. The van der Waals surface area contributed by atoms with Gasteiger partial charge in [-0.2, -0.15) is 0 Å². The van der Waals surface area contributed by atoms with Gasteiger partial charge in [0.15, 0.2) is 0 Å². The first-order valence-corrected chi connectivity index (χ1v) is 5.37. The van der Waals surface area contributed by atoms with E-state index in [2.05, 4.69) is 24.0 Å². The van der Waals surface area contributed by atoms with Crippen molar-refractivity contribution in [3.63, 3.8) is 0 Å². The molecule has 0 saturated heterocycles. The number of pyridine rings is 1. The minimum absolute atomic E-state index is 0.829. The second-order valence-corrected chi connectivity index (χ2v) is 3.92. The average molecular weight is 200 g/mol. The summed E-state index contributed by atoms with van der Waals surface area (Å²) in [5.41, 5.74) is 10.2. The van der Waals surface area contributed by atoms with Crippen LogP contribution in [0.25, 0.3) is 10.9 Å². The van der Waals surface area contributed by atoms with Crippen LogP contribution in [-0.4, -0.2) is 4.98 Å². The molecule has 1 aromatic carbocycles. The van der Waals surface area contributed by atoms with Crippen LogP contribution in [0.15, 0.2) is 24.3 Å². The van der Waals surface area contributed by atoms with Crippen LogP contribution in [-0.2, 0) is 6.42 Å². The molecule has 0 spiro atoms. The maximum atomic E-state index is 5.98. The summed E-state index contributed by atoms with van der Waals surface area (Å²) >= 11 is 0. The Balaban J connectivity index is 2.73. The largest absolute Gasteiger partial charge is 0.398 e. The Labute approximate surface area is 90.1 Å². The molecule has 2 heteroatoms. The highest BCUT2D eigenvalue weighted by Crippen LogP contribution is 2.24. The van der Waals surface area contributed by atoms with Gasteiger partial charge in [-0.15, -0.1) is 0 Å². The summed E-state index contributed by atoms with van der Waals surface area (Å²) in [6, 6.07) is 8.16. The van der Waals surface area contributed by atoms with E-state index in [1.807, 2.05) is 19.1 Å². The van der Waals surface area contributed by atoms with E-state index < -0.39 is 0 Å². The quantitative estimate of drug-likeness (QED) is 0.809. The summed E-state index contributed by atoms with van der Waals surface area (Å²) in [4.78, 5) is 4.58. The van der Waals surface area contributed by atoms with E-state index in [0.717, 1.165) is 35.1 Å². The van der Waals surface area contributed by atoms with Crippen molar-refractivity contribution in [3.05, 3.63) is 35.5 Å². The fraction of sp³-hybridized carbons (Fsp3) is 0.308. The van der Waals surface area contributed by atoms with Gasteiger partial charge in [0.25, 0.3) is 0 Å². The molecule has 2 rings (SSSR count). The zero-order valence-corrected chi connectivity index (χ0v) is 9.25. The summed E-state index contributed by atoms with van der Waals surface area (Å²) in [5.74, 6) is 0. The molecule has 0 aliphatic heterocycles. The van der Waals surface area contributed by atoms with E-state index >= 15 is 0 Å². The maximum absolute atomic E-state index is 5.98. The number of aromatic nitrogens is 1. The van der Waals surface area contributed by atoms with Gasteiger partial charge in [0, 0.05) is 16.8 Å². The highest BCUT2D eigenvalue weighted by atomic mass is 14.7. The van der Waals surface area contributed by atoms with Gasteiger partial charge in [-0.1, -0.05) is 31.5 Å². The normalized spacial score (nSPS) is 10.8. The molecule has 0 bridgehead atoms. The lowest BCUT2D eigenvalue weighted by Crippen LogP contribution is -1.95. The SMILES string of the molecule is CCCc1cccc2c(N)cc(C)nc12. The average Bonchev–Trinajstić information content (AvgIpc) is 2.19. The first-order chi connectivity index (χ1) is 7.22. The number of nitrogens with two attached hydrogens (primary N) is 1. The van der Waals surface area contributed by atoms with Crippen LogP contribution in [0.5, 0.6) is 0 Å². The fourth-order valence-electron chi connectivity index (χ4n) is 1.94. The van der Waals surface area contributed by atoms with Crippen molar-refractivity contribution in [2.45, 2.75) is 26.7 Å². The van der Waals surface area contributed by atoms with Crippen LogP contribution in [0.2, 0.25) is 0 Å². The van der Waals surface area contributed by atoms with Crippen LogP contribution in [0, 0.1) is 6.92 Å². The number of benzene rings is 1. The van der Waals surface area contributed by atoms with Crippen LogP contribution in [0.3, 0.4) is 0 Å². The Bertz CT molecular complexity index is 489. The summed E-state index contributed by atoms with van der Waals surface area (Å²) in [6.45, 7) is 4.16. The van der Waals surface area contributed by atoms with Crippen LogP contribution < -0.4 is 5.73 Å². The van der Waals surface area contributed by atoms with Gasteiger partial charge in [-0.05, 0) is 25.0 Å². The minimum Gasteiger partial charge on any atom is -0.398 e. The molecule has 1 aromatic heterocycles. The number of hydrogen-bond donors (Lipinski definition) is 1. The van der Waals surface area contributed by atoms with Crippen molar-refractivity contribution < 1.29 is 0 Å². The Kier molecular flexibility index (Phi) is 2.58. The molecule has 1 heterocycles. The zero-order valence-electron chi connectivity index (χ0n) is 9.25. The predicted molar refractivity (Wildman–Crippen MR) is 64.9 cm³/mol. The van der Waals surface area contributed by atoms with Crippen molar-refractivity contribution in [2.75, 3.05) is 5.73 Å². The van der Waals surface area contributed by atoms with E-state index in [1.165, 1.54) is 5.56 Å². The lowest BCUT2D eigenvalue weighted by Gasteiger charge is -2.07. The second-order valence-electron chi connectivity index (χ2n) is 3.92. The van der Waals surface area contributed by atoms with Crippen LogP contribution in [0.1, 0.15) is 24.6 Å². The van der Waals surface area contributed by atoms with E-state index in [-0.39, 0.29) is 0 Å². The molecule has 0 aliphatic carbocycles. The number of nitrogen functional groups attached to an aromatic ring is 1. The molecule has 0 saturated carbocycles. The molecule has 0 radical (unpaired) electrons. The smallest absolute Gasteiger partial charge is 0.0757 e. The Morgan fingerprint density at radius 1 is 1.33 bits per heavy atom. The lowest BCUT2D eigenvalue weighted by molar-refractivity contribution is 0.925. The van der Waals surface area contributed by atoms with Gasteiger partial charge >= 0.3 is 0 Å². The van der Waals surface area contributed by atoms with Crippen LogP contribution in [0.4, 0.5) is 5.69 Å². The molecular weight excluding hydrogens is 184 g/mol. The summed E-state index contributed by atoms with van der Waals surface area (Å²) in [7, 11) is 0. The molecule has 0 atom stereocenters. The third kappa shape index (κ3) is 1.80. The fourth-order valence-corrected chi connectivity index (χ4v) is 1.94. The molecule has 78 valence electrons. The van der Waals surface area contributed by atoms with E-state index in [0.29, 0.717) is 0 Å². The molecule has 0 unspecified atom stereocenters. The van der Waals surface area contributed by atoms with Gasteiger partial charge in [0.2, 0.25) is 0 Å². The van der Waals surface area contributed by atoms with Gasteiger partial charge in [-0.3, -0.25) is 4.98 Å². The standard InChI is InChI=1S/C13H16N2/c1-3-5-10-6-4-7-11-12(14)8-9(2)15-13(10)11/h4,6-8H,3,5H2,1-2H3,(H2,14,15). The van der Waals surface area contributed by atoms with Crippen molar-refractivity contribution in [3.8, 4) is 0 Å². The molecular formula is C13H16N2. The van der Waals surface area contributed by atoms with Gasteiger partial charge < -0.3 is 5.73 Å². The minimum atomic E-state index is 0.829. The van der Waals surface area contributed by atoms with Gasteiger partial charge in [0.05, 0.1) is 5.52 Å². The van der Waals surface area contributed by atoms with E-state index in [1.54, 1.807) is 0 Å². The molecule has 2 N–H and O–H groups in total. The van der Waals surface area contributed by atoms with Crippen LogP contribution >= 0.6 is 0 Å². The summed E-state index contributed by atoms with van der Waals surface area (Å²) < 4.78 is 0. The third-order valence-electron chi connectivity index (χ3n) is 2.60. The number of anilines is 1. The molecule has 2 nitrogen and oxygen atoms in total. The molecule has 0 amide bonds. The molecule has 0 aliphatic rings. The number of aryl methyl sites for hydroxylation is 2. The topological polar surface area (TPSA) is 38.9 Å². The summed E-state index contributed by atoms with van der Waals surface area (Å²) in [5, 5.41) is 1.08. The molecule has 0 fully saturated rings. The third-order valence-corrected chi connectivity index (χ3v) is 2.60. The van der Waals surface area contributed by atoms with Crippen molar-refractivity contribution >= 4 is 16.6 Å². The molecule has 15 heavy (non-hydrogen) atoms. The highest BCUT2D eigenvalue weighted by molar-refractivity contribution is 5.92. The number of para-hydroxylation sites is 1. The Morgan fingerprint density at radius 2 is 2.13 bits per heavy atom. The van der Waals surface area contributed by atoms with Crippen molar-refractivity contribution in [1.29, 1.82) is 0 Å². The number of nitrogens with zero attached hydrogens (tertiary/aromatic N) is 1. The zero-order chi connectivity index (χ0) is 10.8. The van der Waals surface area contributed by atoms with Crippen molar-refractivity contribution in [1.82, 2.24) is 4.98 Å². The monoisotopic (exact) mass is 200 g/mol. The maximum Gasteiger partial charge on any atom is 0.0757 e. The van der Waals surface area contributed by atoms with E-state index in [4.69, 9.17) is 5.73 Å². The number of fused-ring (bicyclic) bond motifs is 1. The number of rotatable bonds is 2. The number of hydrogen-bond acceptors (Lipinski definition) is 2. The lowest BCUT2D eigenvalue weighted by atomic mass is 10.0. The molecule has 2 aromatic rings. The first-order valence-electron chi connectivity index (χ1n) is 5.37.